The lowest BCUT2D eigenvalue weighted by Crippen LogP contribution is -1.93. The van der Waals surface area contributed by atoms with Gasteiger partial charge in [-0.1, -0.05) is 18.2 Å². The molecule has 0 aliphatic rings. The number of aryl methyl sites for hydroxylation is 1. The molecule has 58 valence electrons. The standard InChI is InChI=1S/C10H13N/c1-8(2)7-10-9(3)5-4-6-11-10/h4-6H,1,7H2,2-3H3. The van der Waals surface area contributed by atoms with E-state index in [1.807, 2.05) is 19.2 Å². The van der Waals surface area contributed by atoms with Crippen LogP contribution in [0.3, 0.4) is 0 Å². The van der Waals surface area contributed by atoms with E-state index in [1.54, 1.807) is 0 Å². The third kappa shape index (κ3) is 2.19. The van der Waals surface area contributed by atoms with Crippen LogP contribution in [0.4, 0.5) is 0 Å². The van der Waals surface area contributed by atoms with Gasteiger partial charge in [-0.3, -0.25) is 4.98 Å². The Labute approximate surface area is 67.8 Å². The third-order valence-electron chi connectivity index (χ3n) is 1.59. The van der Waals surface area contributed by atoms with E-state index in [9.17, 15) is 0 Å². The SMILES string of the molecule is C=C(C)Cc1ncccc1C. The number of pyridine rings is 1. The Morgan fingerprint density at radius 3 is 2.91 bits per heavy atom. The zero-order chi connectivity index (χ0) is 8.27. The van der Waals surface area contributed by atoms with Crippen molar-refractivity contribution in [1.29, 1.82) is 0 Å². The van der Waals surface area contributed by atoms with Crippen LogP contribution in [-0.2, 0) is 6.42 Å². The van der Waals surface area contributed by atoms with Gasteiger partial charge >= 0.3 is 0 Å². The molecule has 1 heterocycles. The Morgan fingerprint density at radius 1 is 1.64 bits per heavy atom. The Balaban J connectivity index is 2.86. The average molecular weight is 147 g/mol. The Morgan fingerprint density at radius 2 is 2.36 bits per heavy atom. The second-order valence-electron chi connectivity index (χ2n) is 2.90. The van der Waals surface area contributed by atoms with Crippen LogP contribution in [0.2, 0.25) is 0 Å². The van der Waals surface area contributed by atoms with Gasteiger partial charge in [0, 0.05) is 18.3 Å². The molecule has 0 atom stereocenters. The number of aromatic nitrogens is 1. The van der Waals surface area contributed by atoms with Crippen molar-refractivity contribution in [2.75, 3.05) is 0 Å². The average Bonchev–Trinajstić information content (AvgIpc) is 1.93. The first kappa shape index (κ1) is 7.99. The van der Waals surface area contributed by atoms with Crippen LogP contribution >= 0.6 is 0 Å². The van der Waals surface area contributed by atoms with Gasteiger partial charge in [0.15, 0.2) is 0 Å². The van der Waals surface area contributed by atoms with Crippen LogP contribution in [0, 0.1) is 6.92 Å². The molecular weight excluding hydrogens is 134 g/mol. The zero-order valence-corrected chi connectivity index (χ0v) is 7.09. The summed E-state index contributed by atoms with van der Waals surface area (Å²) >= 11 is 0. The molecular formula is C10H13N. The molecule has 0 spiro atoms. The summed E-state index contributed by atoms with van der Waals surface area (Å²) in [5.41, 5.74) is 3.54. The monoisotopic (exact) mass is 147 g/mol. The Hall–Kier alpha value is -1.11. The number of hydrogen-bond acceptors (Lipinski definition) is 1. The molecule has 0 saturated heterocycles. The van der Waals surface area contributed by atoms with E-state index in [0.29, 0.717) is 0 Å². The summed E-state index contributed by atoms with van der Waals surface area (Å²) in [5.74, 6) is 0. The first-order valence-corrected chi connectivity index (χ1v) is 3.75. The molecule has 0 N–H and O–H groups in total. The predicted octanol–water partition coefficient (Wildman–Crippen LogP) is 2.51. The molecule has 0 unspecified atom stereocenters. The minimum absolute atomic E-state index is 0.896. The van der Waals surface area contributed by atoms with Crippen LogP contribution < -0.4 is 0 Å². The van der Waals surface area contributed by atoms with E-state index in [-0.39, 0.29) is 0 Å². The van der Waals surface area contributed by atoms with Crippen molar-refractivity contribution in [3.63, 3.8) is 0 Å². The Kier molecular flexibility index (Phi) is 2.42. The van der Waals surface area contributed by atoms with Crippen LogP contribution in [0.15, 0.2) is 30.5 Å². The van der Waals surface area contributed by atoms with E-state index in [2.05, 4.69) is 24.6 Å². The normalized spacial score (nSPS) is 9.64. The number of nitrogens with zero attached hydrogens (tertiary/aromatic N) is 1. The summed E-state index contributed by atoms with van der Waals surface area (Å²) in [5, 5.41) is 0. The summed E-state index contributed by atoms with van der Waals surface area (Å²) in [6, 6.07) is 4.03. The van der Waals surface area contributed by atoms with Gasteiger partial charge in [-0.15, -0.1) is 0 Å². The van der Waals surface area contributed by atoms with Crippen LogP contribution in [-0.4, -0.2) is 4.98 Å². The highest BCUT2D eigenvalue weighted by atomic mass is 14.7. The third-order valence-corrected chi connectivity index (χ3v) is 1.59. The first-order valence-electron chi connectivity index (χ1n) is 3.75. The summed E-state index contributed by atoms with van der Waals surface area (Å²) in [7, 11) is 0. The maximum atomic E-state index is 4.26. The van der Waals surface area contributed by atoms with Crippen molar-refractivity contribution >= 4 is 0 Å². The molecule has 0 aliphatic carbocycles. The quantitative estimate of drug-likeness (QED) is 0.586. The van der Waals surface area contributed by atoms with Gasteiger partial charge in [0.2, 0.25) is 0 Å². The van der Waals surface area contributed by atoms with Crippen LogP contribution in [0.5, 0.6) is 0 Å². The van der Waals surface area contributed by atoms with Crippen molar-refractivity contribution < 1.29 is 0 Å². The molecule has 1 rings (SSSR count). The van der Waals surface area contributed by atoms with Crippen molar-refractivity contribution in [3.8, 4) is 0 Å². The summed E-state index contributed by atoms with van der Waals surface area (Å²) < 4.78 is 0. The summed E-state index contributed by atoms with van der Waals surface area (Å²) in [4.78, 5) is 4.26. The topological polar surface area (TPSA) is 12.9 Å². The van der Waals surface area contributed by atoms with Gasteiger partial charge in [-0.25, -0.2) is 0 Å². The molecule has 1 aromatic rings. The van der Waals surface area contributed by atoms with Crippen LogP contribution in [0.1, 0.15) is 18.2 Å². The van der Waals surface area contributed by atoms with Gasteiger partial charge < -0.3 is 0 Å². The highest BCUT2D eigenvalue weighted by molar-refractivity contribution is 5.21. The molecule has 1 nitrogen and oxygen atoms in total. The highest BCUT2D eigenvalue weighted by Crippen LogP contribution is 2.07. The molecule has 1 heteroatoms. The fourth-order valence-corrected chi connectivity index (χ4v) is 0.989. The van der Waals surface area contributed by atoms with Gasteiger partial charge in [0.25, 0.3) is 0 Å². The molecule has 1 aromatic heterocycles. The van der Waals surface area contributed by atoms with E-state index < -0.39 is 0 Å². The van der Waals surface area contributed by atoms with E-state index in [0.717, 1.165) is 17.7 Å². The fourth-order valence-electron chi connectivity index (χ4n) is 0.989. The largest absolute Gasteiger partial charge is 0.261 e. The van der Waals surface area contributed by atoms with Crippen molar-refractivity contribution in [2.24, 2.45) is 0 Å². The minimum Gasteiger partial charge on any atom is -0.261 e. The van der Waals surface area contributed by atoms with Crippen LogP contribution in [0.25, 0.3) is 0 Å². The lowest BCUT2D eigenvalue weighted by molar-refractivity contribution is 1.03. The lowest BCUT2D eigenvalue weighted by Gasteiger charge is -2.02. The molecule has 0 amide bonds. The molecule has 0 bridgehead atoms. The van der Waals surface area contributed by atoms with Crippen molar-refractivity contribution in [2.45, 2.75) is 20.3 Å². The van der Waals surface area contributed by atoms with E-state index in [1.165, 1.54) is 5.56 Å². The fraction of sp³-hybridized carbons (Fsp3) is 0.300. The van der Waals surface area contributed by atoms with Crippen molar-refractivity contribution in [3.05, 3.63) is 41.7 Å². The molecule has 0 saturated carbocycles. The van der Waals surface area contributed by atoms with Gasteiger partial charge in [0.1, 0.15) is 0 Å². The minimum atomic E-state index is 0.896. The van der Waals surface area contributed by atoms with E-state index in [4.69, 9.17) is 0 Å². The second kappa shape index (κ2) is 3.33. The molecule has 11 heavy (non-hydrogen) atoms. The molecule has 0 aromatic carbocycles. The highest BCUT2D eigenvalue weighted by Gasteiger charge is 1.96. The summed E-state index contributed by atoms with van der Waals surface area (Å²) in [6.07, 6.45) is 2.72. The maximum absolute atomic E-state index is 4.26. The summed E-state index contributed by atoms with van der Waals surface area (Å²) in [6.45, 7) is 7.95. The van der Waals surface area contributed by atoms with Crippen molar-refractivity contribution in [1.82, 2.24) is 4.98 Å². The lowest BCUT2D eigenvalue weighted by atomic mass is 10.1. The number of rotatable bonds is 2. The molecule has 0 fully saturated rings. The first-order chi connectivity index (χ1) is 5.20. The second-order valence-corrected chi connectivity index (χ2v) is 2.90. The smallest absolute Gasteiger partial charge is 0.0472 e. The predicted molar refractivity (Wildman–Crippen MR) is 47.5 cm³/mol. The zero-order valence-electron chi connectivity index (χ0n) is 7.09. The van der Waals surface area contributed by atoms with Gasteiger partial charge in [-0.2, -0.15) is 0 Å². The molecule has 0 radical (unpaired) electrons. The number of allylic oxidation sites excluding steroid dienone is 1. The van der Waals surface area contributed by atoms with E-state index >= 15 is 0 Å². The number of hydrogen-bond donors (Lipinski definition) is 0. The Bertz CT molecular complexity index is 263. The molecule has 0 aliphatic heterocycles. The van der Waals surface area contributed by atoms with Gasteiger partial charge in [-0.05, 0) is 25.5 Å². The maximum Gasteiger partial charge on any atom is 0.0472 e. The van der Waals surface area contributed by atoms with Gasteiger partial charge in [0.05, 0.1) is 0 Å².